The molecule has 1 amide bonds. The van der Waals surface area contributed by atoms with Crippen LogP contribution in [0.5, 0.6) is 0 Å². The number of furan rings is 1. The maximum atomic E-state index is 12.4. The minimum atomic E-state index is -0.671. The highest BCUT2D eigenvalue weighted by Crippen LogP contribution is 2.13. The molecule has 3 aromatic heterocycles. The number of hydrogen-bond donors (Lipinski definition) is 1. The first kappa shape index (κ1) is 15.8. The topological polar surface area (TPSA) is 104 Å². The van der Waals surface area contributed by atoms with Crippen LogP contribution < -0.4 is 16.6 Å². The van der Waals surface area contributed by atoms with Crippen LogP contribution in [0.2, 0.25) is 0 Å². The van der Waals surface area contributed by atoms with Crippen molar-refractivity contribution in [3.63, 3.8) is 0 Å². The standard InChI is InChI=1S/C15H17N5O4/c1-9(13(21)16-7-10-5-4-6-24-10)20-8-17-12-11(20)14(22)19(3)15(23)18(12)2/h4-6,8-9H,7H2,1-3H3,(H,16,21)/t9-/m0/s1. The normalized spacial score (nSPS) is 12.5. The Morgan fingerprint density at radius 1 is 1.33 bits per heavy atom. The Kier molecular flexibility index (Phi) is 3.84. The number of nitrogens with zero attached hydrogens (tertiary/aromatic N) is 4. The average Bonchev–Trinajstić information content (AvgIpc) is 3.24. The molecule has 126 valence electrons. The number of rotatable bonds is 4. The molecule has 3 rings (SSSR count). The maximum Gasteiger partial charge on any atom is 0.332 e. The molecule has 0 radical (unpaired) electrons. The van der Waals surface area contributed by atoms with Crippen molar-refractivity contribution in [1.29, 1.82) is 0 Å². The van der Waals surface area contributed by atoms with Gasteiger partial charge in [0, 0.05) is 14.1 Å². The number of hydrogen-bond acceptors (Lipinski definition) is 5. The van der Waals surface area contributed by atoms with Gasteiger partial charge in [-0.2, -0.15) is 0 Å². The van der Waals surface area contributed by atoms with Gasteiger partial charge in [-0.3, -0.25) is 18.7 Å². The van der Waals surface area contributed by atoms with Crippen LogP contribution in [0.15, 0.2) is 38.7 Å². The molecule has 0 fully saturated rings. The van der Waals surface area contributed by atoms with Gasteiger partial charge in [0.1, 0.15) is 11.8 Å². The number of carbonyl (C=O) groups is 1. The van der Waals surface area contributed by atoms with Crippen LogP contribution in [0, 0.1) is 0 Å². The zero-order chi connectivity index (χ0) is 17.4. The van der Waals surface area contributed by atoms with Gasteiger partial charge in [-0.25, -0.2) is 9.78 Å². The Labute approximate surface area is 136 Å². The third-order valence-corrected chi connectivity index (χ3v) is 3.99. The lowest BCUT2D eigenvalue weighted by molar-refractivity contribution is -0.124. The van der Waals surface area contributed by atoms with E-state index in [0.717, 1.165) is 4.57 Å². The van der Waals surface area contributed by atoms with E-state index in [1.165, 1.54) is 35.8 Å². The van der Waals surface area contributed by atoms with Gasteiger partial charge in [-0.1, -0.05) is 0 Å². The summed E-state index contributed by atoms with van der Waals surface area (Å²) >= 11 is 0. The predicted molar refractivity (Wildman–Crippen MR) is 85.5 cm³/mol. The zero-order valence-electron chi connectivity index (χ0n) is 13.5. The van der Waals surface area contributed by atoms with Gasteiger partial charge >= 0.3 is 5.69 Å². The second-order valence-electron chi connectivity index (χ2n) is 5.50. The highest BCUT2D eigenvalue weighted by molar-refractivity contribution is 5.82. The lowest BCUT2D eigenvalue weighted by atomic mass is 10.3. The van der Waals surface area contributed by atoms with E-state index in [-0.39, 0.29) is 23.6 Å². The molecule has 0 saturated carbocycles. The summed E-state index contributed by atoms with van der Waals surface area (Å²) < 4.78 is 8.90. The maximum absolute atomic E-state index is 12.4. The fourth-order valence-corrected chi connectivity index (χ4v) is 2.52. The van der Waals surface area contributed by atoms with Crippen molar-refractivity contribution in [2.24, 2.45) is 14.1 Å². The molecular weight excluding hydrogens is 314 g/mol. The predicted octanol–water partition coefficient (Wildman–Crippen LogP) is -0.0959. The molecule has 24 heavy (non-hydrogen) atoms. The fraction of sp³-hybridized carbons (Fsp3) is 0.333. The Morgan fingerprint density at radius 3 is 2.75 bits per heavy atom. The summed E-state index contributed by atoms with van der Waals surface area (Å²) in [6, 6.07) is 2.82. The first-order valence-electron chi connectivity index (χ1n) is 7.34. The van der Waals surface area contributed by atoms with E-state index in [1.54, 1.807) is 19.1 Å². The van der Waals surface area contributed by atoms with Crippen LogP contribution in [0.25, 0.3) is 11.2 Å². The number of aryl methyl sites for hydroxylation is 1. The summed E-state index contributed by atoms with van der Waals surface area (Å²) in [6.07, 6.45) is 2.92. The van der Waals surface area contributed by atoms with Crippen molar-refractivity contribution in [1.82, 2.24) is 24.0 Å². The third-order valence-electron chi connectivity index (χ3n) is 3.99. The highest BCUT2D eigenvalue weighted by Gasteiger charge is 2.21. The van der Waals surface area contributed by atoms with E-state index in [9.17, 15) is 14.4 Å². The molecule has 3 aromatic rings. The van der Waals surface area contributed by atoms with Gasteiger partial charge in [0.25, 0.3) is 5.56 Å². The fourth-order valence-electron chi connectivity index (χ4n) is 2.52. The quantitative estimate of drug-likeness (QED) is 0.719. The molecule has 9 heteroatoms. The van der Waals surface area contributed by atoms with Crippen molar-refractivity contribution >= 4 is 17.1 Å². The summed E-state index contributed by atoms with van der Waals surface area (Å²) in [5.74, 6) is 0.339. The van der Waals surface area contributed by atoms with Crippen LogP contribution in [0.3, 0.4) is 0 Å². The molecule has 0 bridgehead atoms. The summed E-state index contributed by atoms with van der Waals surface area (Å²) in [5, 5.41) is 2.74. The SMILES string of the molecule is C[C@@H](C(=O)NCc1ccco1)n1cnc2c1c(=O)n(C)c(=O)n2C. The van der Waals surface area contributed by atoms with Crippen molar-refractivity contribution in [2.75, 3.05) is 0 Å². The first-order valence-corrected chi connectivity index (χ1v) is 7.34. The van der Waals surface area contributed by atoms with E-state index in [4.69, 9.17) is 4.42 Å². The average molecular weight is 331 g/mol. The summed E-state index contributed by atoms with van der Waals surface area (Å²) in [6.45, 7) is 1.91. The molecule has 0 aliphatic rings. The molecule has 3 heterocycles. The lowest BCUT2D eigenvalue weighted by Crippen LogP contribution is -2.38. The van der Waals surface area contributed by atoms with Crippen LogP contribution in [0.1, 0.15) is 18.7 Å². The summed E-state index contributed by atoms with van der Waals surface area (Å²) in [4.78, 5) is 40.8. The van der Waals surface area contributed by atoms with E-state index < -0.39 is 17.3 Å². The van der Waals surface area contributed by atoms with Crippen LogP contribution in [0.4, 0.5) is 0 Å². The molecule has 1 atom stereocenters. The van der Waals surface area contributed by atoms with Crippen LogP contribution in [-0.2, 0) is 25.4 Å². The molecule has 0 unspecified atom stereocenters. The number of amides is 1. The number of nitrogens with one attached hydrogen (secondary N) is 1. The van der Waals surface area contributed by atoms with Gasteiger partial charge in [0.15, 0.2) is 11.2 Å². The molecule has 0 spiro atoms. The van der Waals surface area contributed by atoms with E-state index >= 15 is 0 Å². The summed E-state index contributed by atoms with van der Waals surface area (Å²) in [5.41, 5.74) is -0.502. The minimum Gasteiger partial charge on any atom is -0.467 e. The van der Waals surface area contributed by atoms with Gasteiger partial charge in [-0.15, -0.1) is 0 Å². The monoisotopic (exact) mass is 331 g/mol. The van der Waals surface area contributed by atoms with Crippen LogP contribution >= 0.6 is 0 Å². The number of carbonyl (C=O) groups excluding carboxylic acids is 1. The van der Waals surface area contributed by atoms with E-state index in [2.05, 4.69) is 10.3 Å². The van der Waals surface area contributed by atoms with Crippen molar-refractivity contribution in [3.05, 3.63) is 51.3 Å². The number of fused-ring (bicyclic) bond motifs is 1. The second-order valence-corrected chi connectivity index (χ2v) is 5.50. The number of imidazole rings is 1. The molecule has 0 aliphatic carbocycles. The largest absolute Gasteiger partial charge is 0.467 e. The van der Waals surface area contributed by atoms with Gasteiger partial charge in [0.05, 0.1) is 19.1 Å². The Morgan fingerprint density at radius 2 is 2.08 bits per heavy atom. The molecule has 0 aromatic carbocycles. The van der Waals surface area contributed by atoms with E-state index in [1.807, 2.05) is 0 Å². The van der Waals surface area contributed by atoms with Gasteiger partial charge < -0.3 is 14.3 Å². The smallest absolute Gasteiger partial charge is 0.332 e. The third kappa shape index (κ3) is 2.43. The van der Waals surface area contributed by atoms with Crippen molar-refractivity contribution in [2.45, 2.75) is 19.5 Å². The zero-order valence-corrected chi connectivity index (χ0v) is 13.5. The van der Waals surface area contributed by atoms with E-state index in [0.29, 0.717) is 5.76 Å². The van der Waals surface area contributed by atoms with Crippen molar-refractivity contribution < 1.29 is 9.21 Å². The van der Waals surface area contributed by atoms with Gasteiger partial charge in [-0.05, 0) is 19.1 Å². The molecule has 0 aliphatic heterocycles. The lowest BCUT2D eigenvalue weighted by Gasteiger charge is -2.14. The van der Waals surface area contributed by atoms with Crippen LogP contribution in [-0.4, -0.2) is 24.6 Å². The molecule has 0 saturated heterocycles. The van der Waals surface area contributed by atoms with Crippen molar-refractivity contribution in [3.8, 4) is 0 Å². The minimum absolute atomic E-state index is 0.209. The highest BCUT2D eigenvalue weighted by atomic mass is 16.3. The molecule has 9 nitrogen and oxygen atoms in total. The number of aromatic nitrogens is 4. The Hall–Kier alpha value is -3.10. The summed E-state index contributed by atoms with van der Waals surface area (Å²) in [7, 11) is 2.92. The Balaban J connectivity index is 1.95. The molecule has 1 N–H and O–H groups in total. The first-order chi connectivity index (χ1) is 11.4. The Bertz CT molecular complexity index is 1010. The molecular formula is C15H17N5O4. The van der Waals surface area contributed by atoms with Gasteiger partial charge in [0.2, 0.25) is 5.91 Å². The second kappa shape index (κ2) is 5.84.